The number of benzene rings is 1. The van der Waals surface area contributed by atoms with Gasteiger partial charge in [0.2, 0.25) is 0 Å². The molecule has 0 unspecified atom stereocenters. The Kier molecular flexibility index (Phi) is 5.12. The van der Waals surface area contributed by atoms with Crippen molar-refractivity contribution in [2.24, 2.45) is 0 Å². The maximum atomic E-state index is 13.8. The fourth-order valence-electron chi connectivity index (χ4n) is 2.00. The van der Waals surface area contributed by atoms with Crippen molar-refractivity contribution in [1.29, 1.82) is 0 Å². The molecule has 0 radical (unpaired) electrons. The monoisotopic (exact) mass is 353 g/mol. The standard InChI is InChI=1S/C15H13ClFN3S2/c16-13-4-1-5-14(17)12(13)9-22-15-19-18-10-20(15)7-6-11-3-2-8-21-11/h1-5,8,10H,6-7,9H2. The summed E-state index contributed by atoms with van der Waals surface area (Å²) in [6.07, 6.45) is 2.64. The fourth-order valence-corrected chi connectivity index (χ4v) is 3.99. The van der Waals surface area contributed by atoms with Crippen molar-refractivity contribution in [2.45, 2.75) is 23.9 Å². The summed E-state index contributed by atoms with van der Waals surface area (Å²) in [4.78, 5) is 1.32. The van der Waals surface area contributed by atoms with Crippen LogP contribution in [-0.4, -0.2) is 14.8 Å². The van der Waals surface area contributed by atoms with Crippen LogP contribution >= 0.6 is 34.7 Å². The van der Waals surface area contributed by atoms with Gasteiger partial charge in [-0.15, -0.1) is 21.5 Å². The van der Waals surface area contributed by atoms with E-state index in [0.29, 0.717) is 16.3 Å². The number of thiophene rings is 1. The van der Waals surface area contributed by atoms with Crippen LogP contribution in [0, 0.1) is 5.82 Å². The lowest BCUT2D eigenvalue weighted by Crippen LogP contribution is -2.01. The average molecular weight is 354 g/mol. The van der Waals surface area contributed by atoms with Gasteiger partial charge in [0.05, 0.1) is 0 Å². The molecule has 22 heavy (non-hydrogen) atoms. The van der Waals surface area contributed by atoms with E-state index in [-0.39, 0.29) is 5.82 Å². The average Bonchev–Trinajstić information content (AvgIpc) is 3.16. The Bertz CT molecular complexity index is 723. The zero-order valence-corrected chi connectivity index (χ0v) is 14.0. The van der Waals surface area contributed by atoms with Crippen LogP contribution in [0.3, 0.4) is 0 Å². The van der Waals surface area contributed by atoms with Gasteiger partial charge in [0.15, 0.2) is 5.16 Å². The van der Waals surface area contributed by atoms with Gasteiger partial charge in [-0.3, -0.25) is 0 Å². The molecule has 7 heteroatoms. The molecule has 0 fully saturated rings. The van der Waals surface area contributed by atoms with Crippen molar-refractivity contribution in [1.82, 2.24) is 14.8 Å². The number of nitrogens with zero attached hydrogens (tertiary/aromatic N) is 3. The van der Waals surface area contributed by atoms with Crippen LogP contribution in [0.25, 0.3) is 0 Å². The summed E-state index contributed by atoms with van der Waals surface area (Å²) in [6.45, 7) is 0.806. The summed E-state index contributed by atoms with van der Waals surface area (Å²) in [7, 11) is 0. The van der Waals surface area contributed by atoms with Gasteiger partial charge in [-0.2, -0.15) is 0 Å². The maximum absolute atomic E-state index is 13.8. The predicted molar refractivity (Wildman–Crippen MR) is 89.0 cm³/mol. The normalized spacial score (nSPS) is 11.0. The second-order valence-electron chi connectivity index (χ2n) is 4.63. The lowest BCUT2D eigenvalue weighted by Gasteiger charge is -2.07. The molecule has 3 rings (SSSR count). The predicted octanol–water partition coefficient (Wildman–Crippen LogP) is 4.67. The summed E-state index contributed by atoms with van der Waals surface area (Å²) in [5.74, 6) is 0.146. The van der Waals surface area contributed by atoms with Crippen molar-refractivity contribution in [2.75, 3.05) is 0 Å². The van der Waals surface area contributed by atoms with Crippen molar-refractivity contribution in [3.63, 3.8) is 0 Å². The molecule has 0 aliphatic rings. The molecule has 3 nitrogen and oxygen atoms in total. The van der Waals surface area contributed by atoms with Crippen LogP contribution < -0.4 is 0 Å². The third-order valence-corrected chi connectivity index (χ3v) is 5.46. The van der Waals surface area contributed by atoms with Gasteiger partial charge < -0.3 is 4.57 Å². The quantitative estimate of drug-likeness (QED) is 0.603. The van der Waals surface area contributed by atoms with Crippen LogP contribution in [0.2, 0.25) is 5.02 Å². The Morgan fingerprint density at radius 1 is 1.27 bits per heavy atom. The first-order valence-electron chi connectivity index (χ1n) is 6.70. The van der Waals surface area contributed by atoms with Crippen molar-refractivity contribution in [3.8, 4) is 0 Å². The molecule has 2 aromatic heterocycles. The minimum absolute atomic E-state index is 0.287. The molecule has 0 N–H and O–H groups in total. The first-order valence-corrected chi connectivity index (χ1v) is 8.94. The van der Waals surface area contributed by atoms with E-state index in [2.05, 4.69) is 21.6 Å². The molecule has 0 spiro atoms. The summed E-state index contributed by atoms with van der Waals surface area (Å²) >= 11 is 9.22. The highest BCUT2D eigenvalue weighted by Crippen LogP contribution is 2.27. The number of aryl methyl sites for hydroxylation is 2. The zero-order chi connectivity index (χ0) is 15.4. The van der Waals surface area contributed by atoms with Crippen LogP contribution in [0.4, 0.5) is 4.39 Å². The Hall–Kier alpha value is -1.37. The van der Waals surface area contributed by atoms with E-state index in [1.54, 1.807) is 29.8 Å². The van der Waals surface area contributed by atoms with Gasteiger partial charge in [0, 0.05) is 27.8 Å². The van der Waals surface area contributed by atoms with E-state index >= 15 is 0 Å². The lowest BCUT2D eigenvalue weighted by molar-refractivity contribution is 0.616. The van der Waals surface area contributed by atoms with Crippen molar-refractivity contribution in [3.05, 3.63) is 63.3 Å². The molecule has 3 aromatic rings. The Labute approximate surface area is 141 Å². The van der Waals surface area contributed by atoms with E-state index in [1.165, 1.54) is 22.7 Å². The summed E-state index contributed by atoms with van der Waals surface area (Å²) in [6, 6.07) is 8.88. The van der Waals surface area contributed by atoms with Gasteiger partial charge in [-0.1, -0.05) is 35.5 Å². The molecule has 1 aromatic carbocycles. The second-order valence-corrected chi connectivity index (χ2v) is 7.01. The molecule has 2 heterocycles. The Balaban J connectivity index is 1.65. The molecule has 0 bridgehead atoms. The highest BCUT2D eigenvalue weighted by atomic mass is 35.5. The van der Waals surface area contributed by atoms with Crippen molar-refractivity contribution >= 4 is 34.7 Å². The van der Waals surface area contributed by atoms with Gasteiger partial charge in [0.25, 0.3) is 0 Å². The van der Waals surface area contributed by atoms with Crippen LogP contribution in [0.5, 0.6) is 0 Å². The lowest BCUT2D eigenvalue weighted by atomic mass is 10.2. The molecule has 0 saturated carbocycles. The van der Waals surface area contributed by atoms with Crippen LogP contribution in [0.15, 0.2) is 47.2 Å². The third-order valence-electron chi connectivity index (χ3n) is 3.17. The van der Waals surface area contributed by atoms with Gasteiger partial charge in [0.1, 0.15) is 12.1 Å². The molecule has 0 aliphatic carbocycles. The van der Waals surface area contributed by atoms with E-state index in [0.717, 1.165) is 18.1 Å². The van der Waals surface area contributed by atoms with Crippen LogP contribution in [-0.2, 0) is 18.7 Å². The number of hydrogen-bond acceptors (Lipinski definition) is 4. The minimum atomic E-state index is -0.287. The van der Waals surface area contributed by atoms with Gasteiger partial charge >= 0.3 is 0 Å². The first-order chi connectivity index (χ1) is 10.7. The maximum Gasteiger partial charge on any atom is 0.191 e. The number of thioether (sulfide) groups is 1. The molecule has 0 amide bonds. The molecule has 0 aliphatic heterocycles. The number of hydrogen-bond donors (Lipinski definition) is 0. The second kappa shape index (κ2) is 7.26. The molecular weight excluding hydrogens is 341 g/mol. The largest absolute Gasteiger partial charge is 0.308 e. The Morgan fingerprint density at radius 2 is 2.18 bits per heavy atom. The zero-order valence-electron chi connectivity index (χ0n) is 11.6. The molecular formula is C15H13ClFN3S2. The SMILES string of the molecule is Fc1cccc(Cl)c1CSc1nncn1CCc1cccs1. The van der Waals surface area contributed by atoms with Crippen molar-refractivity contribution < 1.29 is 4.39 Å². The third kappa shape index (κ3) is 3.69. The fraction of sp³-hybridized carbons (Fsp3) is 0.200. The van der Waals surface area contributed by atoms with Gasteiger partial charge in [-0.25, -0.2) is 4.39 Å². The van der Waals surface area contributed by atoms with E-state index < -0.39 is 0 Å². The molecule has 0 atom stereocenters. The molecule has 114 valence electrons. The number of halogens is 2. The minimum Gasteiger partial charge on any atom is -0.308 e. The first kappa shape index (κ1) is 15.5. The van der Waals surface area contributed by atoms with E-state index in [4.69, 9.17) is 11.6 Å². The van der Waals surface area contributed by atoms with Crippen LogP contribution in [0.1, 0.15) is 10.4 Å². The summed E-state index contributed by atoms with van der Waals surface area (Å²) in [5.41, 5.74) is 0.502. The number of aromatic nitrogens is 3. The highest BCUT2D eigenvalue weighted by Gasteiger charge is 2.11. The van der Waals surface area contributed by atoms with Gasteiger partial charge in [-0.05, 0) is 30.0 Å². The van der Waals surface area contributed by atoms with E-state index in [9.17, 15) is 4.39 Å². The Morgan fingerprint density at radius 3 is 2.95 bits per heavy atom. The smallest absolute Gasteiger partial charge is 0.191 e. The summed E-state index contributed by atoms with van der Waals surface area (Å²) in [5, 5.41) is 11.3. The number of rotatable bonds is 6. The topological polar surface area (TPSA) is 30.7 Å². The van der Waals surface area contributed by atoms with E-state index in [1.807, 2.05) is 10.6 Å². The highest BCUT2D eigenvalue weighted by molar-refractivity contribution is 7.98. The molecule has 0 saturated heterocycles. The summed E-state index contributed by atoms with van der Waals surface area (Å²) < 4.78 is 15.8.